The Balaban J connectivity index is 1.07. The van der Waals surface area contributed by atoms with Crippen LogP contribution in [0.5, 0.6) is 0 Å². The molecule has 6 rings (SSSR count). The molecule has 11 heteroatoms. The van der Waals surface area contributed by atoms with Crippen molar-refractivity contribution >= 4 is 51.5 Å². The average molecular weight is 553 g/mol. The van der Waals surface area contributed by atoms with Gasteiger partial charge in [0.25, 0.3) is 11.1 Å². The SMILES string of the molecule is Nc1ccc(CNCC2CCN(c3nccc(/C=C4/SC(=O)NC4=O)n3)CC2)c(-c2cccc3cnccc23)n1. The third-order valence-electron chi connectivity index (χ3n) is 7.17. The van der Waals surface area contributed by atoms with Crippen LogP contribution in [0.1, 0.15) is 24.1 Å². The number of nitrogens with two attached hydrogens (primary N) is 1. The van der Waals surface area contributed by atoms with E-state index in [1.165, 1.54) is 0 Å². The van der Waals surface area contributed by atoms with Gasteiger partial charge in [0.05, 0.1) is 16.3 Å². The molecule has 2 aliphatic heterocycles. The summed E-state index contributed by atoms with van der Waals surface area (Å²) in [5, 5.41) is 7.71. The molecule has 1 aromatic carbocycles. The van der Waals surface area contributed by atoms with Crippen LogP contribution in [0.3, 0.4) is 0 Å². The first-order valence-corrected chi connectivity index (χ1v) is 14.0. The molecule has 202 valence electrons. The van der Waals surface area contributed by atoms with Gasteiger partial charge in [-0.3, -0.25) is 19.9 Å². The van der Waals surface area contributed by atoms with Crippen molar-refractivity contribution in [1.82, 2.24) is 30.6 Å². The second-order valence-electron chi connectivity index (χ2n) is 9.84. The molecule has 2 saturated heterocycles. The van der Waals surface area contributed by atoms with Gasteiger partial charge >= 0.3 is 0 Å². The van der Waals surface area contributed by atoms with Crippen molar-refractivity contribution in [2.24, 2.45) is 5.92 Å². The quantitative estimate of drug-likeness (QED) is 0.288. The zero-order chi connectivity index (χ0) is 27.5. The smallest absolute Gasteiger partial charge is 0.290 e. The Morgan fingerprint density at radius 1 is 1.07 bits per heavy atom. The number of pyridine rings is 2. The first-order chi connectivity index (χ1) is 19.5. The highest BCUT2D eigenvalue weighted by molar-refractivity contribution is 8.18. The summed E-state index contributed by atoms with van der Waals surface area (Å²) in [6, 6.07) is 13.8. The first-order valence-electron chi connectivity index (χ1n) is 13.2. The number of amides is 2. The molecule has 40 heavy (non-hydrogen) atoms. The van der Waals surface area contributed by atoms with Crippen molar-refractivity contribution < 1.29 is 9.59 Å². The number of rotatable bonds is 7. The van der Waals surface area contributed by atoms with Gasteiger partial charge in [-0.2, -0.15) is 0 Å². The van der Waals surface area contributed by atoms with E-state index < -0.39 is 0 Å². The number of carbonyl (C=O) groups excluding carboxylic acids is 2. The molecule has 0 spiro atoms. The van der Waals surface area contributed by atoms with Crippen LogP contribution in [0.25, 0.3) is 28.1 Å². The molecule has 0 aliphatic carbocycles. The number of hydrogen-bond donors (Lipinski definition) is 3. The summed E-state index contributed by atoms with van der Waals surface area (Å²) >= 11 is 0.885. The standard InChI is InChI=1S/C29H28N8O2S/c30-25-5-4-20(26(35-25)23-3-1-2-19-16-31-10-7-22(19)23)17-32-15-18-8-12-37(13-9-18)28-33-11-6-21(34-28)14-24-27(38)36-29(39)40-24/h1-7,10-11,14,16,18,32H,8-9,12-13,15,17H2,(H2,30,35)(H,36,38,39)/b24-14+. The third-order valence-corrected chi connectivity index (χ3v) is 7.98. The molecular weight excluding hydrogens is 524 g/mol. The number of nitrogen functional groups attached to an aromatic ring is 1. The van der Waals surface area contributed by atoms with E-state index in [9.17, 15) is 9.59 Å². The van der Waals surface area contributed by atoms with E-state index in [0.29, 0.717) is 34.8 Å². The lowest BCUT2D eigenvalue weighted by Gasteiger charge is -2.32. The number of carbonyl (C=O) groups is 2. The lowest BCUT2D eigenvalue weighted by molar-refractivity contribution is -0.115. The minimum absolute atomic E-state index is 0.344. The Bertz CT molecular complexity index is 1610. The first kappa shape index (κ1) is 25.9. The normalized spacial score (nSPS) is 17.1. The van der Waals surface area contributed by atoms with Crippen molar-refractivity contribution in [3.05, 3.63) is 77.2 Å². The van der Waals surface area contributed by atoms with Crippen molar-refractivity contribution in [2.45, 2.75) is 19.4 Å². The Morgan fingerprint density at radius 3 is 2.77 bits per heavy atom. The van der Waals surface area contributed by atoms with Gasteiger partial charge in [0.1, 0.15) is 5.82 Å². The van der Waals surface area contributed by atoms with Gasteiger partial charge in [-0.15, -0.1) is 0 Å². The van der Waals surface area contributed by atoms with Crippen molar-refractivity contribution in [2.75, 3.05) is 30.3 Å². The van der Waals surface area contributed by atoms with E-state index in [-0.39, 0.29) is 11.1 Å². The summed E-state index contributed by atoms with van der Waals surface area (Å²) in [5.74, 6) is 1.27. The molecule has 0 unspecified atom stereocenters. The summed E-state index contributed by atoms with van der Waals surface area (Å²) in [6.45, 7) is 3.28. The van der Waals surface area contributed by atoms with Gasteiger partial charge < -0.3 is 16.0 Å². The van der Waals surface area contributed by atoms with Gasteiger partial charge in [0.2, 0.25) is 5.95 Å². The summed E-state index contributed by atoms with van der Waals surface area (Å²) in [5.41, 5.74) is 9.74. The van der Waals surface area contributed by atoms with Crippen LogP contribution in [0.2, 0.25) is 0 Å². The molecule has 0 atom stereocenters. The second kappa shape index (κ2) is 11.4. The van der Waals surface area contributed by atoms with Crippen LogP contribution in [0.4, 0.5) is 16.6 Å². The molecule has 4 N–H and O–H groups in total. The fourth-order valence-corrected chi connectivity index (χ4v) is 5.77. The minimum Gasteiger partial charge on any atom is -0.384 e. The van der Waals surface area contributed by atoms with Gasteiger partial charge in [-0.1, -0.05) is 24.3 Å². The number of thioether (sulfide) groups is 1. The molecule has 2 aliphatic rings. The molecule has 0 bridgehead atoms. The number of benzene rings is 1. The number of anilines is 2. The third kappa shape index (κ3) is 5.65. The van der Waals surface area contributed by atoms with Gasteiger partial charge in [0.15, 0.2) is 0 Å². The zero-order valence-corrected chi connectivity index (χ0v) is 22.5. The molecule has 2 amide bonds. The van der Waals surface area contributed by atoms with Crippen molar-refractivity contribution in [3.8, 4) is 11.3 Å². The monoisotopic (exact) mass is 552 g/mol. The maximum Gasteiger partial charge on any atom is 0.290 e. The largest absolute Gasteiger partial charge is 0.384 e. The summed E-state index contributed by atoms with van der Waals surface area (Å²) in [6.07, 6.45) is 9.00. The van der Waals surface area contributed by atoms with Gasteiger partial charge in [0, 0.05) is 49.2 Å². The highest BCUT2D eigenvalue weighted by Gasteiger charge is 2.26. The fraction of sp³-hybridized carbons (Fsp3) is 0.241. The topological polar surface area (TPSA) is 139 Å². The molecule has 2 fully saturated rings. The molecule has 0 saturated carbocycles. The van der Waals surface area contributed by atoms with Crippen LogP contribution >= 0.6 is 11.8 Å². The van der Waals surface area contributed by atoms with Crippen molar-refractivity contribution in [3.63, 3.8) is 0 Å². The van der Waals surface area contributed by atoms with E-state index >= 15 is 0 Å². The van der Waals surface area contributed by atoms with Gasteiger partial charge in [-0.05, 0) is 72.3 Å². The zero-order valence-electron chi connectivity index (χ0n) is 21.7. The number of piperidine rings is 1. The number of aromatic nitrogens is 4. The number of fused-ring (bicyclic) bond motifs is 1. The van der Waals surface area contributed by atoms with Crippen LogP contribution in [0.15, 0.2) is 66.0 Å². The molecule has 10 nitrogen and oxygen atoms in total. The summed E-state index contributed by atoms with van der Waals surface area (Å²) in [7, 11) is 0. The maximum atomic E-state index is 11.9. The lowest BCUT2D eigenvalue weighted by Crippen LogP contribution is -2.38. The maximum absolute atomic E-state index is 11.9. The predicted molar refractivity (Wildman–Crippen MR) is 157 cm³/mol. The Kier molecular flexibility index (Phi) is 7.39. The van der Waals surface area contributed by atoms with E-state index in [2.05, 4.69) is 48.7 Å². The lowest BCUT2D eigenvalue weighted by atomic mass is 9.96. The molecule has 5 heterocycles. The van der Waals surface area contributed by atoms with E-state index in [0.717, 1.165) is 71.8 Å². The number of nitrogens with zero attached hydrogens (tertiary/aromatic N) is 5. The number of hydrogen-bond acceptors (Lipinski definition) is 10. The van der Waals surface area contributed by atoms with E-state index in [1.54, 1.807) is 24.5 Å². The fourth-order valence-electron chi connectivity index (χ4n) is 5.11. The summed E-state index contributed by atoms with van der Waals surface area (Å²) in [4.78, 5) is 43.8. The predicted octanol–water partition coefficient (Wildman–Crippen LogP) is 4.00. The van der Waals surface area contributed by atoms with Crippen LogP contribution in [0, 0.1) is 5.92 Å². The molecule has 4 aromatic rings. The summed E-state index contributed by atoms with van der Waals surface area (Å²) < 4.78 is 0. The van der Waals surface area contributed by atoms with Crippen LogP contribution in [-0.4, -0.2) is 50.7 Å². The highest BCUT2D eigenvalue weighted by atomic mass is 32.2. The van der Waals surface area contributed by atoms with Crippen LogP contribution < -0.4 is 21.3 Å². The van der Waals surface area contributed by atoms with Gasteiger partial charge in [-0.25, -0.2) is 15.0 Å². The Morgan fingerprint density at radius 2 is 1.95 bits per heavy atom. The minimum atomic E-state index is -0.389. The number of imide groups is 1. The Hall–Kier alpha value is -4.35. The molecule has 0 radical (unpaired) electrons. The molecular formula is C29H28N8O2S. The van der Waals surface area contributed by atoms with Crippen LogP contribution in [-0.2, 0) is 11.3 Å². The van der Waals surface area contributed by atoms with E-state index in [1.807, 2.05) is 24.4 Å². The highest BCUT2D eigenvalue weighted by Crippen LogP contribution is 2.30. The number of nitrogens with one attached hydrogen (secondary N) is 2. The Labute approximate surface area is 235 Å². The second-order valence-corrected chi connectivity index (χ2v) is 10.9. The average Bonchev–Trinajstić information content (AvgIpc) is 3.29. The van der Waals surface area contributed by atoms with E-state index in [4.69, 9.17) is 10.7 Å². The van der Waals surface area contributed by atoms with Crippen molar-refractivity contribution in [1.29, 1.82) is 0 Å². The molecule has 3 aromatic heterocycles.